The van der Waals surface area contributed by atoms with Crippen molar-refractivity contribution >= 4 is 47.4 Å². The lowest BCUT2D eigenvalue weighted by Crippen LogP contribution is -2.63. The molecule has 4 atom stereocenters. The maximum atomic E-state index is 12.5. The van der Waals surface area contributed by atoms with Crippen molar-refractivity contribution in [2.24, 2.45) is 5.73 Å². The second-order valence-corrected chi connectivity index (χ2v) is 10.1. The van der Waals surface area contributed by atoms with Crippen LogP contribution in [0.4, 0.5) is 0 Å². The summed E-state index contributed by atoms with van der Waals surface area (Å²) in [5, 5.41) is 14.1. The highest BCUT2D eigenvalue weighted by molar-refractivity contribution is 6.01. The zero-order valence-corrected chi connectivity index (χ0v) is 25.2. The lowest BCUT2D eigenvalue weighted by Gasteiger charge is -2.29. The quantitative estimate of drug-likeness (QED) is 0.0876. The van der Waals surface area contributed by atoms with Crippen molar-refractivity contribution in [1.29, 1.82) is 0 Å². The number of amides is 6. The molecule has 0 bridgehead atoms. The van der Waals surface area contributed by atoms with Gasteiger partial charge in [-0.15, -0.1) is 0 Å². The second kappa shape index (κ2) is 17.9. The fourth-order valence-corrected chi connectivity index (χ4v) is 4.15. The zero-order chi connectivity index (χ0) is 33.5. The summed E-state index contributed by atoms with van der Waals surface area (Å²) >= 11 is 0. The molecular weight excluding hydrogens is 594 g/mol. The Morgan fingerprint density at radius 3 is 1.69 bits per heavy atom. The van der Waals surface area contributed by atoms with Gasteiger partial charge in [-0.1, -0.05) is 24.3 Å². The van der Waals surface area contributed by atoms with Crippen LogP contribution in [0.3, 0.4) is 0 Å². The van der Waals surface area contributed by atoms with Crippen molar-refractivity contribution in [1.82, 2.24) is 31.9 Å². The normalized spacial score (nSPS) is 17.0. The summed E-state index contributed by atoms with van der Waals surface area (Å²) in [6.45, 7) is 0.803. The Hall–Kier alpha value is -5.06. The highest BCUT2D eigenvalue weighted by atomic mass is 16.5. The summed E-state index contributed by atoms with van der Waals surface area (Å²) in [5.41, 5.74) is 7.47. The van der Waals surface area contributed by atoms with Crippen LogP contribution in [0.25, 0.3) is 0 Å². The molecule has 0 aliphatic carbocycles. The Morgan fingerprint density at radius 2 is 1.22 bits per heavy atom. The molecule has 1 aliphatic rings. The van der Waals surface area contributed by atoms with Gasteiger partial charge in [-0.3, -0.25) is 28.8 Å². The number of carbonyl (C=O) groups excluding carboxylic acids is 8. The van der Waals surface area contributed by atoms with Gasteiger partial charge in [0.15, 0.2) is 0 Å². The number of benzene rings is 1. The average Bonchev–Trinajstić information content (AvgIpc) is 3.02. The van der Waals surface area contributed by atoms with Crippen LogP contribution in [0.5, 0.6) is 0 Å². The van der Waals surface area contributed by atoms with Crippen molar-refractivity contribution in [3.8, 4) is 0 Å². The third-order valence-electron chi connectivity index (χ3n) is 6.67. The lowest BCUT2D eigenvalue weighted by atomic mass is 10.0. The molecule has 0 aromatic heterocycles. The van der Waals surface area contributed by atoms with E-state index < -0.39 is 97.5 Å². The number of hydrogen-bond acceptors (Lipinski definition) is 11. The molecule has 0 saturated carbocycles. The van der Waals surface area contributed by atoms with E-state index in [0.717, 1.165) is 18.2 Å². The maximum Gasteiger partial charge on any atom is 0.328 e. The average molecular weight is 634 g/mol. The molecule has 1 aliphatic heterocycles. The van der Waals surface area contributed by atoms with E-state index in [1.165, 1.54) is 14.0 Å². The summed E-state index contributed by atoms with van der Waals surface area (Å²) in [6, 6.07) is 3.05. The van der Waals surface area contributed by atoms with Crippen molar-refractivity contribution in [2.45, 2.75) is 63.3 Å². The number of piperazine rings is 1. The van der Waals surface area contributed by atoms with Gasteiger partial charge < -0.3 is 47.1 Å². The van der Waals surface area contributed by atoms with Gasteiger partial charge in [0.05, 0.1) is 40.2 Å². The topological polar surface area (TPSA) is 253 Å². The predicted molar refractivity (Wildman–Crippen MR) is 155 cm³/mol. The third-order valence-corrected chi connectivity index (χ3v) is 6.67. The SMILES string of the molecule is COC(=O)C(C)NC(=O)CNC(=O)C[C@@H]1NC(=O)[C@H](CC(=O)NCC(=O)NC(CCc2ccc(CN)cc2)C(=O)OC)NC1=O. The van der Waals surface area contributed by atoms with E-state index in [0.29, 0.717) is 13.0 Å². The molecule has 0 spiro atoms. The first-order valence-corrected chi connectivity index (χ1v) is 14.0. The minimum absolute atomic E-state index is 0.240. The van der Waals surface area contributed by atoms with Gasteiger partial charge in [-0.05, 0) is 30.9 Å². The Bertz CT molecular complexity index is 1270. The van der Waals surface area contributed by atoms with Crippen molar-refractivity contribution in [2.75, 3.05) is 27.3 Å². The second-order valence-electron chi connectivity index (χ2n) is 10.1. The molecule has 0 radical (unpaired) electrons. The van der Waals surface area contributed by atoms with Crippen molar-refractivity contribution in [3.05, 3.63) is 35.4 Å². The Labute approximate surface area is 259 Å². The van der Waals surface area contributed by atoms with E-state index in [4.69, 9.17) is 10.5 Å². The molecule has 45 heavy (non-hydrogen) atoms. The standard InChI is InChI=1S/C28H39N7O10/c1-15(27(42)44-2)32-23(38)13-30-21(36)10-19-25(40)35-20(26(41)34-19)11-22(37)31-14-24(39)33-18(28(43)45-3)9-8-16-4-6-17(12-29)7-5-16/h4-7,15,18-20H,8-14,29H2,1-3H3,(H,30,36)(H,31,37)(H,32,38)(H,33,39)(H,34,41)(H,35,40)/t15?,18?,19-,20-/m0/s1. The lowest BCUT2D eigenvalue weighted by molar-refractivity contribution is -0.145. The van der Waals surface area contributed by atoms with Crippen LogP contribution < -0.4 is 37.6 Å². The summed E-state index contributed by atoms with van der Waals surface area (Å²) < 4.78 is 9.25. The molecule has 1 heterocycles. The van der Waals surface area contributed by atoms with E-state index >= 15 is 0 Å². The molecule has 1 aromatic rings. The van der Waals surface area contributed by atoms with E-state index in [1.807, 2.05) is 24.3 Å². The fraction of sp³-hybridized carbons (Fsp3) is 0.500. The number of hydrogen-bond donors (Lipinski definition) is 7. The van der Waals surface area contributed by atoms with Gasteiger partial charge in [0, 0.05) is 6.54 Å². The van der Waals surface area contributed by atoms with E-state index in [9.17, 15) is 38.4 Å². The maximum absolute atomic E-state index is 12.5. The van der Waals surface area contributed by atoms with Gasteiger partial charge in [0.1, 0.15) is 24.2 Å². The molecular formula is C28H39N7O10. The summed E-state index contributed by atoms with van der Waals surface area (Å²) in [4.78, 5) is 97.3. The number of rotatable bonds is 16. The van der Waals surface area contributed by atoms with Gasteiger partial charge in [0.2, 0.25) is 35.4 Å². The largest absolute Gasteiger partial charge is 0.467 e. The summed E-state index contributed by atoms with van der Waals surface area (Å²) in [6.07, 6.45) is -0.288. The molecule has 2 unspecified atom stereocenters. The smallest absolute Gasteiger partial charge is 0.328 e. The number of ether oxygens (including phenoxy) is 2. The minimum Gasteiger partial charge on any atom is -0.467 e. The number of aryl methyl sites for hydroxylation is 1. The van der Waals surface area contributed by atoms with Crippen LogP contribution >= 0.6 is 0 Å². The van der Waals surface area contributed by atoms with E-state index in [-0.39, 0.29) is 6.42 Å². The van der Waals surface area contributed by atoms with Gasteiger partial charge in [0.25, 0.3) is 0 Å². The van der Waals surface area contributed by atoms with Gasteiger partial charge in [-0.25, -0.2) is 9.59 Å². The van der Waals surface area contributed by atoms with Crippen LogP contribution in [-0.2, 0) is 60.8 Å². The molecule has 17 heteroatoms. The predicted octanol–water partition coefficient (Wildman–Crippen LogP) is -3.59. The van der Waals surface area contributed by atoms with Crippen molar-refractivity contribution in [3.63, 3.8) is 0 Å². The highest BCUT2D eigenvalue weighted by Crippen LogP contribution is 2.09. The minimum atomic E-state index is -1.26. The molecule has 1 aromatic carbocycles. The fourth-order valence-electron chi connectivity index (χ4n) is 4.15. The Morgan fingerprint density at radius 1 is 0.756 bits per heavy atom. The van der Waals surface area contributed by atoms with Crippen LogP contribution in [0.15, 0.2) is 24.3 Å². The van der Waals surface area contributed by atoms with E-state index in [2.05, 4.69) is 36.6 Å². The molecule has 8 N–H and O–H groups in total. The first-order valence-electron chi connectivity index (χ1n) is 14.0. The molecule has 1 fully saturated rings. The van der Waals surface area contributed by atoms with Crippen LogP contribution in [-0.4, -0.2) is 98.9 Å². The Balaban J connectivity index is 1.76. The highest BCUT2D eigenvalue weighted by Gasteiger charge is 2.36. The van der Waals surface area contributed by atoms with Crippen molar-refractivity contribution < 1.29 is 47.8 Å². The van der Waals surface area contributed by atoms with Crippen LogP contribution in [0, 0.1) is 0 Å². The molecule has 2 rings (SSSR count). The third kappa shape index (κ3) is 12.2. The number of esters is 2. The molecule has 1 saturated heterocycles. The molecule has 6 amide bonds. The molecule has 246 valence electrons. The van der Waals surface area contributed by atoms with E-state index in [1.54, 1.807) is 0 Å². The number of nitrogens with two attached hydrogens (primary N) is 1. The first kappa shape index (κ1) is 36.1. The summed E-state index contributed by atoms with van der Waals surface area (Å²) in [7, 11) is 2.34. The van der Waals surface area contributed by atoms with Crippen LogP contribution in [0.2, 0.25) is 0 Å². The van der Waals surface area contributed by atoms with Gasteiger partial charge >= 0.3 is 11.9 Å². The monoisotopic (exact) mass is 633 g/mol. The summed E-state index contributed by atoms with van der Waals surface area (Å²) in [5.74, 6) is -5.61. The number of methoxy groups -OCH3 is 2. The Kier molecular flexibility index (Phi) is 14.4. The van der Waals surface area contributed by atoms with Gasteiger partial charge in [-0.2, -0.15) is 0 Å². The number of carbonyl (C=O) groups is 8. The zero-order valence-electron chi connectivity index (χ0n) is 25.2. The van der Waals surface area contributed by atoms with Crippen LogP contribution in [0.1, 0.15) is 37.3 Å². The molecule has 17 nitrogen and oxygen atoms in total. The first-order chi connectivity index (χ1) is 21.4. The number of nitrogens with one attached hydrogen (secondary N) is 6.